The Hall–Kier alpha value is -1.82. The number of hydrogen-bond donors (Lipinski definition) is 0. The predicted molar refractivity (Wildman–Crippen MR) is 76.9 cm³/mol. The third kappa shape index (κ3) is 2.70. The van der Waals surface area contributed by atoms with Crippen molar-refractivity contribution in [2.24, 2.45) is 0 Å². The van der Waals surface area contributed by atoms with Crippen molar-refractivity contribution in [1.29, 1.82) is 0 Å². The summed E-state index contributed by atoms with van der Waals surface area (Å²) in [6.07, 6.45) is 2.04. The molecule has 0 aliphatic carbocycles. The first-order valence-electron chi connectivity index (χ1n) is 6.55. The van der Waals surface area contributed by atoms with Crippen LogP contribution in [0.15, 0.2) is 33.9 Å². The van der Waals surface area contributed by atoms with Crippen LogP contribution in [0.5, 0.6) is 0 Å². The molecular formula is C14H15N3O2S. The minimum Gasteiger partial charge on any atom is -0.416 e. The molecule has 20 heavy (non-hydrogen) atoms. The highest BCUT2D eigenvalue weighted by molar-refractivity contribution is 7.99. The molecule has 0 N–H and O–H groups in total. The van der Waals surface area contributed by atoms with E-state index in [0.717, 1.165) is 25.1 Å². The Labute approximate surface area is 121 Å². The number of benzene rings is 1. The van der Waals surface area contributed by atoms with Gasteiger partial charge in [-0.15, -0.1) is 10.2 Å². The lowest BCUT2D eigenvalue weighted by Crippen LogP contribution is -2.36. The highest BCUT2D eigenvalue weighted by atomic mass is 32.2. The van der Waals surface area contributed by atoms with Crippen molar-refractivity contribution in [1.82, 2.24) is 10.2 Å². The fraction of sp³-hybridized carbons (Fsp3) is 0.357. The number of aromatic nitrogens is 2. The van der Waals surface area contributed by atoms with Gasteiger partial charge in [0.1, 0.15) is 0 Å². The summed E-state index contributed by atoms with van der Waals surface area (Å²) in [5.41, 5.74) is 2.27. The number of rotatable bonds is 3. The van der Waals surface area contributed by atoms with E-state index in [1.54, 1.807) is 6.92 Å². The molecule has 5 nitrogen and oxygen atoms in total. The summed E-state index contributed by atoms with van der Waals surface area (Å²) >= 11 is 1.29. The zero-order valence-electron chi connectivity index (χ0n) is 11.2. The van der Waals surface area contributed by atoms with E-state index in [9.17, 15) is 4.79 Å². The normalized spacial score (nSPS) is 14.2. The van der Waals surface area contributed by atoms with Gasteiger partial charge < -0.3 is 9.32 Å². The molecule has 0 atom stereocenters. The number of hydrogen-bond acceptors (Lipinski definition) is 5. The molecule has 1 aliphatic rings. The van der Waals surface area contributed by atoms with Gasteiger partial charge in [0.2, 0.25) is 11.8 Å². The van der Waals surface area contributed by atoms with E-state index in [0.29, 0.717) is 16.9 Å². The number of fused-ring (bicyclic) bond motifs is 1. The van der Waals surface area contributed by atoms with E-state index in [-0.39, 0.29) is 5.91 Å². The van der Waals surface area contributed by atoms with Gasteiger partial charge in [0, 0.05) is 19.2 Å². The smallest absolute Gasteiger partial charge is 0.277 e. The van der Waals surface area contributed by atoms with Gasteiger partial charge in [-0.25, -0.2) is 0 Å². The standard InChI is InChI=1S/C14H15N3O2S/c1-10-15-16-14(19-10)20-9-13(18)17-8-4-6-11-5-2-3-7-12(11)17/h2-3,5,7H,4,6,8-9H2,1H3. The first-order valence-corrected chi connectivity index (χ1v) is 7.54. The van der Waals surface area contributed by atoms with E-state index < -0.39 is 0 Å². The van der Waals surface area contributed by atoms with Crippen LogP contribution in [0.1, 0.15) is 17.9 Å². The van der Waals surface area contributed by atoms with Gasteiger partial charge in [0.15, 0.2) is 0 Å². The lowest BCUT2D eigenvalue weighted by atomic mass is 10.0. The summed E-state index contributed by atoms with van der Waals surface area (Å²) in [7, 11) is 0. The molecule has 0 unspecified atom stereocenters. The first-order chi connectivity index (χ1) is 9.74. The number of para-hydroxylation sites is 1. The molecule has 0 saturated heterocycles. The third-order valence-corrected chi connectivity index (χ3v) is 4.04. The lowest BCUT2D eigenvalue weighted by Gasteiger charge is -2.29. The Morgan fingerprint density at radius 1 is 1.40 bits per heavy atom. The minimum absolute atomic E-state index is 0.0815. The Morgan fingerprint density at radius 3 is 3.05 bits per heavy atom. The largest absolute Gasteiger partial charge is 0.416 e. The van der Waals surface area contributed by atoms with Gasteiger partial charge in [-0.1, -0.05) is 30.0 Å². The third-order valence-electron chi connectivity index (χ3n) is 3.24. The van der Waals surface area contributed by atoms with Gasteiger partial charge in [0.25, 0.3) is 5.22 Å². The van der Waals surface area contributed by atoms with Crippen LogP contribution in [0.2, 0.25) is 0 Å². The topological polar surface area (TPSA) is 59.2 Å². The first kappa shape index (κ1) is 13.2. The molecule has 104 valence electrons. The molecule has 0 spiro atoms. The molecule has 0 fully saturated rings. The van der Waals surface area contributed by atoms with Gasteiger partial charge in [-0.3, -0.25) is 4.79 Å². The second-order valence-corrected chi connectivity index (χ2v) is 5.58. The highest BCUT2D eigenvalue weighted by Gasteiger charge is 2.22. The van der Waals surface area contributed by atoms with E-state index in [1.165, 1.54) is 17.3 Å². The number of carbonyl (C=O) groups excluding carboxylic acids is 1. The Morgan fingerprint density at radius 2 is 2.25 bits per heavy atom. The summed E-state index contributed by atoms with van der Waals surface area (Å²) in [6.45, 7) is 2.51. The van der Waals surface area contributed by atoms with E-state index in [1.807, 2.05) is 23.1 Å². The SMILES string of the molecule is Cc1nnc(SCC(=O)N2CCCc3ccccc32)o1. The molecule has 1 aromatic heterocycles. The van der Waals surface area contributed by atoms with Crippen LogP contribution >= 0.6 is 11.8 Å². The monoisotopic (exact) mass is 289 g/mol. The Balaban J connectivity index is 1.69. The minimum atomic E-state index is 0.0815. The van der Waals surface area contributed by atoms with Crippen molar-refractivity contribution in [3.8, 4) is 0 Å². The van der Waals surface area contributed by atoms with Gasteiger partial charge >= 0.3 is 0 Å². The van der Waals surface area contributed by atoms with Gasteiger partial charge in [0.05, 0.1) is 5.75 Å². The number of carbonyl (C=O) groups is 1. The van der Waals surface area contributed by atoms with E-state index >= 15 is 0 Å². The molecule has 1 aliphatic heterocycles. The van der Waals surface area contributed by atoms with E-state index in [4.69, 9.17) is 4.42 Å². The van der Waals surface area contributed by atoms with Crippen molar-refractivity contribution < 1.29 is 9.21 Å². The summed E-state index contributed by atoms with van der Waals surface area (Å²) < 4.78 is 5.26. The molecule has 0 saturated carbocycles. The highest BCUT2D eigenvalue weighted by Crippen LogP contribution is 2.27. The summed E-state index contributed by atoms with van der Waals surface area (Å²) in [5.74, 6) is 0.914. The number of amides is 1. The Bertz CT molecular complexity index is 626. The molecule has 1 amide bonds. The van der Waals surface area contributed by atoms with Crippen LogP contribution < -0.4 is 4.90 Å². The molecule has 0 bridgehead atoms. The summed E-state index contributed by atoms with van der Waals surface area (Å²) in [6, 6.07) is 8.08. The number of thioether (sulfide) groups is 1. The zero-order valence-corrected chi connectivity index (χ0v) is 12.0. The van der Waals surface area contributed by atoms with Crippen LogP contribution in [0.3, 0.4) is 0 Å². The number of nitrogens with zero attached hydrogens (tertiary/aromatic N) is 3. The summed E-state index contributed by atoms with van der Waals surface area (Å²) in [5, 5.41) is 8.08. The maximum Gasteiger partial charge on any atom is 0.277 e. The predicted octanol–water partition coefficient (Wildman–Crippen LogP) is 2.45. The summed E-state index contributed by atoms with van der Waals surface area (Å²) in [4.78, 5) is 14.2. The van der Waals surface area contributed by atoms with Crippen molar-refractivity contribution in [2.75, 3.05) is 17.2 Å². The fourth-order valence-electron chi connectivity index (χ4n) is 2.33. The average molecular weight is 289 g/mol. The van der Waals surface area contributed by atoms with Crippen LogP contribution in [0.25, 0.3) is 0 Å². The number of aryl methyl sites for hydroxylation is 2. The van der Waals surface area contributed by atoms with Crippen molar-refractivity contribution in [2.45, 2.75) is 25.0 Å². The van der Waals surface area contributed by atoms with E-state index in [2.05, 4.69) is 16.3 Å². The van der Waals surface area contributed by atoms with Crippen molar-refractivity contribution in [3.63, 3.8) is 0 Å². The van der Waals surface area contributed by atoms with Crippen molar-refractivity contribution >= 4 is 23.4 Å². The molecular weight excluding hydrogens is 274 g/mol. The van der Waals surface area contributed by atoms with Crippen LogP contribution in [0, 0.1) is 6.92 Å². The molecule has 3 rings (SSSR count). The molecule has 2 heterocycles. The molecule has 6 heteroatoms. The van der Waals surface area contributed by atoms with Crippen LogP contribution in [-0.2, 0) is 11.2 Å². The maximum absolute atomic E-state index is 12.4. The quantitative estimate of drug-likeness (QED) is 0.812. The molecule has 0 radical (unpaired) electrons. The average Bonchev–Trinajstić information content (AvgIpc) is 2.90. The van der Waals surface area contributed by atoms with Gasteiger partial charge in [-0.2, -0.15) is 0 Å². The van der Waals surface area contributed by atoms with Crippen LogP contribution in [-0.4, -0.2) is 28.4 Å². The fourth-order valence-corrected chi connectivity index (χ4v) is 3.01. The number of anilines is 1. The molecule has 2 aromatic rings. The second kappa shape index (κ2) is 5.66. The Kier molecular flexibility index (Phi) is 3.73. The second-order valence-electron chi connectivity index (χ2n) is 4.65. The van der Waals surface area contributed by atoms with Gasteiger partial charge in [-0.05, 0) is 24.5 Å². The zero-order chi connectivity index (χ0) is 13.9. The maximum atomic E-state index is 12.4. The lowest BCUT2D eigenvalue weighted by molar-refractivity contribution is -0.116. The molecule has 1 aromatic carbocycles. The van der Waals surface area contributed by atoms with Crippen molar-refractivity contribution in [3.05, 3.63) is 35.7 Å². The van der Waals surface area contributed by atoms with Crippen LogP contribution in [0.4, 0.5) is 5.69 Å².